The number of carbonyl (C=O) groups is 2. The van der Waals surface area contributed by atoms with Gasteiger partial charge >= 0.3 is 5.97 Å². The van der Waals surface area contributed by atoms with Crippen molar-refractivity contribution < 1.29 is 14.7 Å². The van der Waals surface area contributed by atoms with Crippen LogP contribution >= 0.6 is 11.6 Å². The van der Waals surface area contributed by atoms with Crippen LogP contribution in [-0.4, -0.2) is 45.2 Å². The van der Waals surface area contributed by atoms with Gasteiger partial charge in [0.1, 0.15) is 5.69 Å². The Balaban J connectivity index is 1.83. The van der Waals surface area contributed by atoms with Crippen molar-refractivity contribution in [3.05, 3.63) is 52.3 Å². The number of aryl methyl sites for hydroxylation is 1. The molecule has 0 spiro atoms. The van der Waals surface area contributed by atoms with Crippen molar-refractivity contribution >= 4 is 23.5 Å². The Morgan fingerprint density at radius 3 is 2.62 bits per heavy atom. The molecule has 7 heteroatoms. The lowest BCUT2D eigenvalue weighted by Gasteiger charge is -2.15. The second kappa shape index (κ2) is 6.65. The SMILES string of the molecule is CCc1cc(C(=O)N2C[C@@H](C(=O)O)[C@H](c3ccc(Cl)cc3)C2)n[nH]1. The molecular formula is C17H18ClN3O3. The summed E-state index contributed by atoms with van der Waals surface area (Å²) < 4.78 is 0. The smallest absolute Gasteiger partial charge is 0.308 e. The zero-order valence-electron chi connectivity index (χ0n) is 13.2. The summed E-state index contributed by atoms with van der Waals surface area (Å²) in [6.07, 6.45) is 0.755. The first-order valence-electron chi connectivity index (χ1n) is 7.81. The first-order chi connectivity index (χ1) is 11.5. The van der Waals surface area contributed by atoms with E-state index in [1.807, 2.05) is 19.1 Å². The van der Waals surface area contributed by atoms with Gasteiger partial charge in [-0.3, -0.25) is 14.7 Å². The molecule has 6 nitrogen and oxygen atoms in total. The Kier molecular flexibility index (Phi) is 4.57. The number of aromatic amines is 1. The van der Waals surface area contributed by atoms with Crippen molar-refractivity contribution in [3.63, 3.8) is 0 Å². The van der Waals surface area contributed by atoms with Gasteiger partial charge in [0.05, 0.1) is 5.92 Å². The van der Waals surface area contributed by atoms with E-state index in [1.54, 1.807) is 23.1 Å². The Labute approximate surface area is 144 Å². The van der Waals surface area contributed by atoms with Crippen molar-refractivity contribution in [2.75, 3.05) is 13.1 Å². The molecule has 0 radical (unpaired) electrons. The van der Waals surface area contributed by atoms with Crippen LogP contribution in [0, 0.1) is 5.92 Å². The van der Waals surface area contributed by atoms with Crippen LogP contribution in [0.2, 0.25) is 5.02 Å². The van der Waals surface area contributed by atoms with Crippen LogP contribution in [0.25, 0.3) is 0 Å². The molecule has 2 atom stereocenters. The molecule has 0 bridgehead atoms. The number of aromatic nitrogens is 2. The summed E-state index contributed by atoms with van der Waals surface area (Å²) in [6, 6.07) is 8.83. The molecule has 2 aromatic rings. The standard InChI is InChI=1S/C17H18ClN3O3/c1-2-12-7-15(20-19-12)16(22)21-8-13(14(9-21)17(23)24)10-3-5-11(18)6-4-10/h3-7,13-14H,2,8-9H2,1H3,(H,19,20)(H,23,24)/t13-,14+/m0/s1. The van der Waals surface area contributed by atoms with Crippen LogP contribution in [0.5, 0.6) is 0 Å². The number of rotatable bonds is 4. The maximum absolute atomic E-state index is 12.6. The quantitative estimate of drug-likeness (QED) is 0.890. The van der Waals surface area contributed by atoms with Gasteiger partial charge in [0.2, 0.25) is 0 Å². The van der Waals surface area contributed by atoms with Gasteiger partial charge in [0.25, 0.3) is 5.91 Å². The zero-order chi connectivity index (χ0) is 17.3. The fraction of sp³-hybridized carbons (Fsp3) is 0.353. The number of benzene rings is 1. The van der Waals surface area contributed by atoms with Crippen LogP contribution < -0.4 is 0 Å². The Bertz CT molecular complexity index is 757. The number of aliphatic carboxylic acids is 1. The van der Waals surface area contributed by atoms with E-state index in [2.05, 4.69) is 10.2 Å². The number of hydrogen-bond donors (Lipinski definition) is 2. The maximum Gasteiger partial charge on any atom is 0.308 e. The third kappa shape index (κ3) is 3.14. The Hall–Kier alpha value is -2.34. The molecule has 2 heterocycles. The number of likely N-dealkylation sites (tertiary alicyclic amines) is 1. The molecule has 0 saturated carbocycles. The molecule has 24 heavy (non-hydrogen) atoms. The molecule has 0 aliphatic carbocycles. The van der Waals surface area contributed by atoms with Crippen molar-refractivity contribution in [1.29, 1.82) is 0 Å². The number of nitrogens with one attached hydrogen (secondary N) is 1. The van der Waals surface area contributed by atoms with E-state index in [-0.39, 0.29) is 18.4 Å². The fourth-order valence-electron chi connectivity index (χ4n) is 3.08. The second-order valence-electron chi connectivity index (χ2n) is 5.94. The summed E-state index contributed by atoms with van der Waals surface area (Å²) in [7, 11) is 0. The average molecular weight is 348 g/mol. The highest BCUT2D eigenvalue weighted by Crippen LogP contribution is 2.34. The first kappa shape index (κ1) is 16.5. The molecule has 1 saturated heterocycles. The molecule has 2 N–H and O–H groups in total. The summed E-state index contributed by atoms with van der Waals surface area (Å²) >= 11 is 5.90. The van der Waals surface area contributed by atoms with Crippen molar-refractivity contribution in [2.45, 2.75) is 19.3 Å². The lowest BCUT2D eigenvalue weighted by Crippen LogP contribution is -2.30. The maximum atomic E-state index is 12.6. The van der Waals surface area contributed by atoms with Crippen LogP contribution in [0.3, 0.4) is 0 Å². The van der Waals surface area contributed by atoms with Gasteiger partial charge in [-0.05, 0) is 30.2 Å². The molecule has 1 aliphatic rings. The highest BCUT2D eigenvalue weighted by atomic mass is 35.5. The van der Waals surface area contributed by atoms with Crippen molar-refractivity contribution in [1.82, 2.24) is 15.1 Å². The third-order valence-corrected chi connectivity index (χ3v) is 4.71. The molecule has 3 rings (SSSR count). The second-order valence-corrected chi connectivity index (χ2v) is 6.38. The Morgan fingerprint density at radius 1 is 1.33 bits per heavy atom. The molecule has 1 aromatic carbocycles. The number of nitrogens with zero attached hydrogens (tertiary/aromatic N) is 2. The highest BCUT2D eigenvalue weighted by Gasteiger charge is 2.41. The third-order valence-electron chi connectivity index (χ3n) is 4.45. The van der Waals surface area contributed by atoms with Crippen LogP contribution in [0.15, 0.2) is 30.3 Å². The molecule has 0 unspecified atom stereocenters. The van der Waals surface area contributed by atoms with Crippen molar-refractivity contribution in [3.8, 4) is 0 Å². The number of H-pyrrole nitrogens is 1. The summed E-state index contributed by atoms with van der Waals surface area (Å²) in [5, 5.41) is 17.0. The normalized spacial score (nSPS) is 20.3. The number of carboxylic acid groups (broad SMARTS) is 1. The molecule has 1 aromatic heterocycles. The number of hydrogen-bond acceptors (Lipinski definition) is 3. The minimum atomic E-state index is -0.901. The lowest BCUT2D eigenvalue weighted by molar-refractivity contribution is -0.141. The summed E-state index contributed by atoms with van der Waals surface area (Å²) in [6.45, 7) is 2.50. The lowest BCUT2D eigenvalue weighted by atomic mass is 9.89. The van der Waals surface area contributed by atoms with E-state index in [1.165, 1.54) is 0 Å². The molecule has 1 aliphatic heterocycles. The van der Waals surface area contributed by atoms with Gasteiger partial charge < -0.3 is 10.0 Å². The van der Waals surface area contributed by atoms with Crippen LogP contribution in [0.1, 0.15) is 34.6 Å². The number of amides is 1. The van der Waals surface area contributed by atoms with Gasteiger partial charge in [-0.2, -0.15) is 5.10 Å². The molecular weight excluding hydrogens is 330 g/mol. The molecule has 126 valence electrons. The predicted molar refractivity (Wildman–Crippen MR) is 89.2 cm³/mol. The number of halogens is 1. The summed E-state index contributed by atoms with van der Waals surface area (Å²) in [5.41, 5.74) is 2.08. The highest BCUT2D eigenvalue weighted by molar-refractivity contribution is 6.30. The number of carbonyl (C=O) groups excluding carboxylic acids is 1. The van der Waals surface area contributed by atoms with E-state index in [4.69, 9.17) is 11.6 Å². The van der Waals surface area contributed by atoms with Gasteiger partial charge in [-0.15, -0.1) is 0 Å². The minimum absolute atomic E-state index is 0.176. The van der Waals surface area contributed by atoms with E-state index >= 15 is 0 Å². The average Bonchev–Trinajstić information content (AvgIpc) is 3.22. The van der Waals surface area contributed by atoms with E-state index in [0.29, 0.717) is 17.3 Å². The van der Waals surface area contributed by atoms with Gasteiger partial charge in [-0.25, -0.2) is 0 Å². The van der Waals surface area contributed by atoms with Crippen molar-refractivity contribution in [2.24, 2.45) is 5.92 Å². The summed E-state index contributed by atoms with van der Waals surface area (Å²) in [4.78, 5) is 25.8. The fourth-order valence-corrected chi connectivity index (χ4v) is 3.21. The number of carboxylic acids is 1. The van der Waals surface area contributed by atoms with Gasteiger partial charge in [0.15, 0.2) is 0 Å². The first-order valence-corrected chi connectivity index (χ1v) is 8.19. The predicted octanol–water partition coefficient (Wildman–Crippen LogP) is 2.57. The van der Waals surface area contributed by atoms with Gasteiger partial charge in [0, 0.05) is 29.7 Å². The zero-order valence-corrected chi connectivity index (χ0v) is 14.0. The summed E-state index contributed by atoms with van der Waals surface area (Å²) in [5.74, 6) is -2.04. The Morgan fingerprint density at radius 2 is 2.04 bits per heavy atom. The topological polar surface area (TPSA) is 86.3 Å². The molecule has 1 amide bonds. The van der Waals surface area contributed by atoms with E-state index < -0.39 is 11.9 Å². The minimum Gasteiger partial charge on any atom is -0.481 e. The van der Waals surface area contributed by atoms with Crippen LogP contribution in [-0.2, 0) is 11.2 Å². The van der Waals surface area contributed by atoms with Gasteiger partial charge in [-0.1, -0.05) is 30.7 Å². The molecule has 1 fully saturated rings. The van der Waals surface area contributed by atoms with E-state index in [0.717, 1.165) is 17.7 Å². The monoisotopic (exact) mass is 347 g/mol. The van der Waals surface area contributed by atoms with Crippen LogP contribution in [0.4, 0.5) is 0 Å². The van der Waals surface area contributed by atoms with E-state index in [9.17, 15) is 14.7 Å². The largest absolute Gasteiger partial charge is 0.481 e.